The van der Waals surface area contributed by atoms with Gasteiger partial charge in [0.1, 0.15) is 11.6 Å². The zero-order valence-electron chi connectivity index (χ0n) is 13.5. The summed E-state index contributed by atoms with van der Waals surface area (Å²) >= 11 is 3.33. The predicted molar refractivity (Wildman–Crippen MR) is 99.0 cm³/mol. The zero-order valence-corrected chi connectivity index (χ0v) is 15.1. The van der Waals surface area contributed by atoms with Gasteiger partial charge in [0, 0.05) is 29.2 Å². The molecule has 1 aliphatic heterocycles. The van der Waals surface area contributed by atoms with E-state index >= 15 is 0 Å². The monoisotopic (exact) mass is 417 g/mol. The number of amides is 1. The van der Waals surface area contributed by atoms with E-state index < -0.39 is 10.7 Å². The average Bonchev–Trinajstić information content (AvgIpc) is 3.02. The van der Waals surface area contributed by atoms with Crippen LogP contribution in [-0.4, -0.2) is 21.9 Å². The number of nitro benzene ring substituents is 1. The van der Waals surface area contributed by atoms with Gasteiger partial charge < -0.3 is 4.57 Å². The minimum absolute atomic E-state index is 0.167. The number of nitro groups is 1. The lowest BCUT2D eigenvalue weighted by Gasteiger charge is -2.29. The average molecular weight is 418 g/mol. The highest BCUT2D eigenvalue weighted by Crippen LogP contribution is 2.37. The third-order valence-electron chi connectivity index (χ3n) is 4.54. The summed E-state index contributed by atoms with van der Waals surface area (Å²) in [5, 5.41) is 11.5. The second-order valence-electron chi connectivity index (χ2n) is 6.06. The van der Waals surface area contributed by atoms with Gasteiger partial charge in [0.2, 0.25) is 0 Å². The molecule has 0 saturated heterocycles. The van der Waals surface area contributed by atoms with Crippen molar-refractivity contribution in [1.82, 2.24) is 4.57 Å². The smallest absolute Gasteiger partial charge is 0.279 e. The molecule has 0 aliphatic carbocycles. The fourth-order valence-corrected chi connectivity index (χ4v) is 3.64. The summed E-state index contributed by atoms with van der Waals surface area (Å²) < 4.78 is 16.9. The number of benzene rings is 2. The Balaban J connectivity index is 1.87. The molecule has 6 nitrogen and oxygen atoms in total. The van der Waals surface area contributed by atoms with Gasteiger partial charge in [-0.05, 0) is 42.8 Å². The number of hydrogen-bond acceptors (Lipinski definition) is 3. The first-order chi connectivity index (χ1) is 12.5. The van der Waals surface area contributed by atoms with Gasteiger partial charge in [-0.2, -0.15) is 0 Å². The SMILES string of the molecule is O=C(c1ccc(Br)cc1)N1CCCn2c1cc1c([N+](=O)[O-])ccc(F)c12. The van der Waals surface area contributed by atoms with Crippen molar-refractivity contribution in [1.29, 1.82) is 0 Å². The summed E-state index contributed by atoms with van der Waals surface area (Å²) in [6.07, 6.45) is 0.640. The summed E-state index contributed by atoms with van der Waals surface area (Å²) in [5.41, 5.74) is 0.503. The second kappa shape index (κ2) is 6.21. The van der Waals surface area contributed by atoms with Gasteiger partial charge >= 0.3 is 0 Å². The van der Waals surface area contributed by atoms with Gasteiger partial charge in [0.25, 0.3) is 11.6 Å². The van der Waals surface area contributed by atoms with Crippen LogP contribution in [0.25, 0.3) is 10.9 Å². The van der Waals surface area contributed by atoms with E-state index in [1.54, 1.807) is 33.7 Å². The molecule has 1 aromatic heterocycles. The number of nitrogens with zero attached hydrogens (tertiary/aromatic N) is 3. The third-order valence-corrected chi connectivity index (χ3v) is 5.07. The van der Waals surface area contributed by atoms with Crippen molar-refractivity contribution in [3.05, 3.63) is 68.4 Å². The molecule has 0 spiro atoms. The van der Waals surface area contributed by atoms with Crippen molar-refractivity contribution in [3.63, 3.8) is 0 Å². The molecule has 0 atom stereocenters. The van der Waals surface area contributed by atoms with Gasteiger partial charge in [0.15, 0.2) is 0 Å². The zero-order chi connectivity index (χ0) is 18.4. The molecule has 1 amide bonds. The maximum Gasteiger partial charge on any atom is 0.279 e. The number of aromatic nitrogens is 1. The molecule has 0 radical (unpaired) electrons. The Kier molecular flexibility index (Phi) is 3.99. The molecular weight excluding hydrogens is 405 g/mol. The topological polar surface area (TPSA) is 68.4 Å². The van der Waals surface area contributed by atoms with Crippen LogP contribution >= 0.6 is 15.9 Å². The lowest BCUT2D eigenvalue weighted by molar-refractivity contribution is -0.383. The van der Waals surface area contributed by atoms with E-state index in [9.17, 15) is 19.3 Å². The maximum atomic E-state index is 14.4. The normalized spacial score (nSPS) is 13.7. The summed E-state index contributed by atoms with van der Waals surface area (Å²) in [6.45, 7) is 0.974. The van der Waals surface area contributed by atoms with E-state index in [4.69, 9.17) is 0 Å². The highest BCUT2D eigenvalue weighted by molar-refractivity contribution is 9.10. The molecule has 1 aliphatic rings. The molecule has 0 unspecified atom stereocenters. The molecule has 8 heteroatoms. The quantitative estimate of drug-likeness (QED) is 0.455. The fraction of sp³-hybridized carbons (Fsp3) is 0.167. The van der Waals surface area contributed by atoms with Crippen molar-refractivity contribution in [3.8, 4) is 0 Å². The van der Waals surface area contributed by atoms with E-state index in [2.05, 4.69) is 15.9 Å². The third kappa shape index (κ3) is 2.57. The van der Waals surface area contributed by atoms with E-state index in [0.29, 0.717) is 30.9 Å². The van der Waals surface area contributed by atoms with Crippen LogP contribution in [0.4, 0.5) is 15.9 Å². The number of rotatable bonds is 2. The van der Waals surface area contributed by atoms with Gasteiger partial charge in [-0.15, -0.1) is 0 Å². The summed E-state index contributed by atoms with van der Waals surface area (Å²) in [5.74, 6) is -0.272. The largest absolute Gasteiger partial charge is 0.324 e. The van der Waals surface area contributed by atoms with E-state index in [-0.39, 0.29) is 22.5 Å². The van der Waals surface area contributed by atoms with Crippen LogP contribution in [0.15, 0.2) is 46.9 Å². The Hall–Kier alpha value is -2.74. The highest BCUT2D eigenvalue weighted by atomic mass is 79.9. The van der Waals surface area contributed by atoms with Crippen molar-refractivity contribution in [2.45, 2.75) is 13.0 Å². The summed E-state index contributed by atoms with van der Waals surface area (Å²) in [6, 6.07) is 10.8. The van der Waals surface area contributed by atoms with Gasteiger partial charge in [-0.3, -0.25) is 19.8 Å². The Bertz CT molecular complexity index is 1050. The van der Waals surface area contributed by atoms with Crippen LogP contribution in [0.1, 0.15) is 16.8 Å². The first-order valence-electron chi connectivity index (χ1n) is 8.01. The van der Waals surface area contributed by atoms with E-state index in [1.165, 1.54) is 6.07 Å². The molecule has 132 valence electrons. The molecule has 0 saturated carbocycles. The molecule has 0 bridgehead atoms. The first kappa shape index (κ1) is 16.7. The van der Waals surface area contributed by atoms with Crippen molar-refractivity contribution in [2.24, 2.45) is 0 Å². The van der Waals surface area contributed by atoms with Crippen molar-refractivity contribution >= 4 is 44.2 Å². The number of aryl methyl sites for hydroxylation is 1. The Labute approximate surface area is 156 Å². The number of halogens is 2. The molecule has 0 fully saturated rings. The van der Waals surface area contributed by atoms with Crippen LogP contribution in [-0.2, 0) is 6.54 Å². The van der Waals surface area contributed by atoms with Gasteiger partial charge in [-0.1, -0.05) is 15.9 Å². The lowest BCUT2D eigenvalue weighted by atomic mass is 10.2. The Morgan fingerprint density at radius 2 is 1.88 bits per heavy atom. The van der Waals surface area contributed by atoms with Crippen LogP contribution < -0.4 is 4.90 Å². The molecule has 2 heterocycles. The number of hydrogen-bond donors (Lipinski definition) is 0. The Morgan fingerprint density at radius 3 is 2.58 bits per heavy atom. The number of non-ortho nitro benzene ring substituents is 1. The number of fused-ring (bicyclic) bond motifs is 3. The summed E-state index contributed by atoms with van der Waals surface area (Å²) in [7, 11) is 0. The number of carbonyl (C=O) groups excluding carboxylic acids is 1. The number of carbonyl (C=O) groups is 1. The van der Waals surface area contributed by atoms with Crippen LogP contribution in [0.3, 0.4) is 0 Å². The van der Waals surface area contributed by atoms with Gasteiger partial charge in [0.05, 0.1) is 15.8 Å². The van der Waals surface area contributed by atoms with E-state index in [1.807, 2.05) is 0 Å². The fourth-order valence-electron chi connectivity index (χ4n) is 3.37. The number of anilines is 1. The standard InChI is InChI=1S/C18H13BrFN3O3/c19-12-4-2-11(3-5-12)18(24)22-9-1-8-21-16(22)10-13-15(23(25)26)7-6-14(20)17(13)21/h2-7,10H,1,8-9H2. The molecule has 3 aromatic rings. The minimum atomic E-state index is -0.533. The molecule has 4 rings (SSSR count). The van der Waals surface area contributed by atoms with Crippen LogP contribution in [0, 0.1) is 15.9 Å². The van der Waals surface area contributed by atoms with Crippen LogP contribution in [0.2, 0.25) is 0 Å². The first-order valence-corrected chi connectivity index (χ1v) is 8.80. The van der Waals surface area contributed by atoms with E-state index in [0.717, 1.165) is 16.6 Å². The lowest BCUT2D eigenvalue weighted by Crippen LogP contribution is -2.37. The van der Waals surface area contributed by atoms with Crippen molar-refractivity contribution in [2.75, 3.05) is 11.4 Å². The van der Waals surface area contributed by atoms with Crippen LogP contribution in [0.5, 0.6) is 0 Å². The predicted octanol–water partition coefficient (Wildman–Crippen LogP) is 4.50. The minimum Gasteiger partial charge on any atom is -0.324 e. The van der Waals surface area contributed by atoms with Crippen molar-refractivity contribution < 1.29 is 14.1 Å². The molecule has 2 aromatic carbocycles. The highest BCUT2D eigenvalue weighted by Gasteiger charge is 2.29. The molecule has 0 N–H and O–H groups in total. The second-order valence-corrected chi connectivity index (χ2v) is 6.97. The molecule has 26 heavy (non-hydrogen) atoms. The maximum absolute atomic E-state index is 14.4. The molecular formula is C18H13BrFN3O3. The Morgan fingerprint density at radius 1 is 1.15 bits per heavy atom. The summed E-state index contributed by atoms with van der Waals surface area (Å²) in [4.78, 5) is 25.2. The van der Waals surface area contributed by atoms with Gasteiger partial charge in [-0.25, -0.2) is 4.39 Å².